The molecule has 1 heterocycles. The van der Waals surface area contributed by atoms with E-state index in [9.17, 15) is 16.8 Å². The summed E-state index contributed by atoms with van der Waals surface area (Å²) < 4.78 is 63.1. The Labute approximate surface area is 176 Å². The molecule has 2 aromatic carbocycles. The maximum Gasteiger partial charge on any atom is 0.269 e. The summed E-state index contributed by atoms with van der Waals surface area (Å²) in [6, 6.07) is 17.0. The molecule has 0 spiro atoms. The van der Waals surface area contributed by atoms with Gasteiger partial charge in [0.25, 0.3) is 20.2 Å². The van der Waals surface area contributed by atoms with Gasteiger partial charge in [0.1, 0.15) is 11.5 Å². The molecule has 30 heavy (non-hydrogen) atoms. The fraction of sp³-hybridized carbons (Fsp3) is 0.368. The van der Waals surface area contributed by atoms with Gasteiger partial charge in [-0.3, -0.25) is 9.11 Å². The smallest absolute Gasteiger partial charge is 0.269 e. The van der Waals surface area contributed by atoms with E-state index in [1.54, 1.807) is 60.7 Å². The molecular weight excluding hydrogens is 436 g/mol. The molecule has 0 atom stereocenters. The van der Waals surface area contributed by atoms with Gasteiger partial charge in [-0.05, 0) is 11.1 Å². The molecule has 1 aliphatic rings. The molecule has 0 radical (unpaired) electrons. The molecule has 1 aliphatic heterocycles. The van der Waals surface area contributed by atoms with Gasteiger partial charge in [-0.25, -0.2) is 0 Å². The van der Waals surface area contributed by atoms with Gasteiger partial charge in [0.15, 0.2) is 0 Å². The Morgan fingerprint density at radius 2 is 1.03 bits per heavy atom. The summed E-state index contributed by atoms with van der Waals surface area (Å²) in [5.74, 6) is -0.623. The van der Waals surface area contributed by atoms with Crippen molar-refractivity contribution < 1.29 is 40.9 Å². The summed E-state index contributed by atoms with van der Waals surface area (Å²) in [6.45, 7) is 1.06. The van der Waals surface area contributed by atoms with Gasteiger partial charge in [-0.15, -0.1) is 0 Å². The highest BCUT2D eigenvalue weighted by Crippen LogP contribution is 2.25. The fourth-order valence-corrected chi connectivity index (χ4v) is 3.42. The number of benzene rings is 2. The van der Waals surface area contributed by atoms with Gasteiger partial charge in [-0.2, -0.15) is 16.8 Å². The average Bonchev–Trinajstić information content (AvgIpc) is 2.62. The van der Waals surface area contributed by atoms with E-state index in [1.165, 1.54) is 0 Å². The SMILES string of the molecule is O=S(=O)(O)Cc1ccccc1.O=S(=O)(O)Cc1ccccc1.OCC1(CO)COC1. The molecule has 4 N–H and O–H groups in total. The molecule has 3 rings (SSSR count). The number of hydrogen-bond donors (Lipinski definition) is 4. The highest BCUT2D eigenvalue weighted by Gasteiger charge is 2.37. The molecule has 0 aromatic heterocycles. The maximum atomic E-state index is 10.4. The summed E-state index contributed by atoms with van der Waals surface area (Å²) in [4.78, 5) is 0. The number of aliphatic hydroxyl groups is 2. The lowest BCUT2D eigenvalue weighted by molar-refractivity contribution is -0.157. The lowest BCUT2D eigenvalue weighted by Gasteiger charge is -2.37. The van der Waals surface area contributed by atoms with E-state index in [1.807, 2.05) is 0 Å². The second-order valence-electron chi connectivity index (χ2n) is 6.73. The predicted octanol–water partition coefficient (Wildman–Crippen LogP) is 1.14. The minimum absolute atomic E-state index is 0.0312. The largest absolute Gasteiger partial charge is 0.396 e. The first-order valence-electron chi connectivity index (χ1n) is 8.76. The van der Waals surface area contributed by atoms with E-state index in [4.69, 9.17) is 24.1 Å². The van der Waals surface area contributed by atoms with Crippen LogP contribution in [0, 0.1) is 5.41 Å². The Hall–Kier alpha value is -1.86. The highest BCUT2D eigenvalue weighted by molar-refractivity contribution is 7.85. The molecule has 1 saturated heterocycles. The predicted molar refractivity (Wildman–Crippen MR) is 111 cm³/mol. The van der Waals surface area contributed by atoms with Gasteiger partial charge in [0.05, 0.1) is 31.8 Å². The van der Waals surface area contributed by atoms with Crippen molar-refractivity contribution in [3.05, 3.63) is 71.8 Å². The zero-order valence-electron chi connectivity index (χ0n) is 16.2. The molecular formula is C19H26O9S2. The van der Waals surface area contributed by atoms with Crippen molar-refractivity contribution in [3.8, 4) is 0 Å². The van der Waals surface area contributed by atoms with Crippen molar-refractivity contribution in [2.45, 2.75) is 11.5 Å². The third kappa shape index (κ3) is 11.4. The molecule has 0 bridgehead atoms. The highest BCUT2D eigenvalue weighted by atomic mass is 32.2. The second-order valence-corrected chi connectivity index (χ2v) is 9.64. The Morgan fingerprint density at radius 1 is 0.700 bits per heavy atom. The lowest BCUT2D eigenvalue weighted by Crippen LogP contribution is -2.48. The second kappa shape index (κ2) is 12.1. The number of rotatable bonds is 6. The molecule has 0 unspecified atom stereocenters. The molecule has 0 saturated carbocycles. The molecule has 0 amide bonds. The molecule has 9 nitrogen and oxygen atoms in total. The van der Waals surface area contributed by atoms with Gasteiger partial charge in [0, 0.05) is 0 Å². The maximum absolute atomic E-state index is 10.4. The van der Waals surface area contributed by atoms with E-state index in [0.29, 0.717) is 24.3 Å². The summed E-state index contributed by atoms with van der Waals surface area (Å²) in [5.41, 5.74) is 0.880. The van der Waals surface area contributed by atoms with E-state index >= 15 is 0 Å². The molecule has 168 valence electrons. The van der Waals surface area contributed by atoms with Crippen LogP contribution in [0.15, 0.2) is 60.7 Å². The summed E-state index contributed by atoms with van der Waals surface area (Å²) >= 11 is 0. The van der Waals surface area contributed by atoms with Crippen LogP contribution in [0.4, 0.5) is 0 Å². The molecule has 1 fully saturated rings. The fourth-order valence-electron chi connectivity index (χ4n) is 2.19. The lowest BCUT2D eigenvalue weighted by atomic mass is 9.88. The minimum atomic E-state index is -3.88. The topological polar surface area (TPSA) is 158 Å². The van der Waals surface area contributed by atoms with Crippen molar-refractivity contribution in [1.29, 1.82) is 0 Å². The van der Waals surface area contributed by atoms with Crippen LogP contribution < -0.4 is 0 Å². The van der Waals surface area contributed by atoms with Crippen LogP contribution in [-0.2, 0) is 36.5 Å². The van der Waals surface area contributed by atoms with Crippen LogP contribution >= 0.6 is 0 Å². The summed E-state index contributed by atoms with van der Waals surface area (Å²) in [7, 11) is -7.75. The summed E-state index contributed by atoms with van der Waals surface area (Å²) in [5, 5.41) is 17.2. The van der Waals surface area contributed by atoms with Crippen LogP contribution in [0.2, 0.25) is 0 Å². The first-order valence-corrected chi connectivity index (χ1v) is 12.0. The number of hydrogen-bond acceptors (Lipinski definition) is 7. The van der Waals surface area contributed by atoms with Crippen molar-refractivity contribution >= 4 is 20.2 Å². The van der Waals surface area contributed by atoms with Crippen molar-refractivity contribution in [1.82, 2.24) is 0 Å². The third-order valence-electron chi connectivity index (χ3n) is 3.87. The van der Waals surface area contributed by atoms with Crippen molar-refractivity contribution in [2.75, 3.05) is 26.4 Å². The Bertz CT molecular complexity index is 857. The van der Waals surface area contributed by atoms with Crippen LogP contribution in [0.25, 0.3) is 0 Å². The Kier molecular flexibility index (Phi) is 10.6. The van der Waals surface area contributed by atoms with Gasteiger partial charge in [0.2, 0.25) is 0 Å². The van der Waals surface area contributed by atoms with Crippen LogP contribution in [0.5, 0.6) is 0 Å². The Balaban J connectivity index is 0.000000228. The zero-order valence-corrected chi connectivity index (χ0v) is 17.8. The Morgan fingerprint density at radius 3 is 1.20 bits per heavy atom. The van der Waals surface area contributed by atoms with Gasteiger partial charge in [-0.1, -0.05) is 60.7 Å². The summed E-state index contributed by atoms with van der Waals surface area (Å²) in [6.07, 6.45) is 0. The van der Waals surface area contributed by atoms with Gasteiger partial charge < -0.3 is 14.9 Å². The number of aliphatic hydroxyl groups excluding tert-OH is 2. The number of ether oxygens (including phenoxy) is 1. The van der Waals surface area contributed by atoms with Crippen LogP contribution in [0.3, 0.4) is 0 Å². The van der Waals surface area contributed by atoms with Crippen molar-refractivity contribution in [3.63, 3.8) is 0 Å². The minimum Gasteiger partial charge on any atom is -0.396 e. The third-order valence-corrected chi connectivity index (χ3v) is 5.27. The van der Waals surface area contributed by atoms with E-state index < -0.39 is 20.2 Å². The standard InChI is InChI=1S/2C7H8O3S.C5H10O3/c2*8-11(9,10)6-7-4-2-1-3-5-7;6-1-5(2-7)3-8-4-5/h2*1-5H,6H2,(H,8,9,10);6-7H,1-4H2. The molecule has 11 heteroatoms. The quantitative estimate of drug-likeness (QED) is 0.462. The van der Waals surface area contributed by atoms with E-state index in [-0.39, 0.29) is 30.1 Å². The van der Waals surface area contributed by atoms with Crippen molar-refractivity contribution in [2.24, 2.45) is 5.41 Å². The van der Waals surface area contributed by atoms with Gasteiger partial charge >= 0.3 is 0 Å². The average molecular weight is 463 g/mol. The molecule has 2 aromatic rings. The van der Waals surface area contributed by atoms with E-state index in [2.05, 4.69) is 0 Å². The van der Waals surface area contributed by atoms with Crippen LogP contribution in [0.1, 0.15) is 11.1 Å². The first kappa shape index (κ1) is 26.2. The van der Waals surface area contributed by atoms with Crippen LogP contribution in [-0.4, -0.2) is 62.6 Å². The normalized spacial score (nSPS) is 14.9. The molecule has 0 aliphatic carbocycles. The van der Waals surface area contributed by atoms with E-state index in [0.717, 1.165) is 0 Å². The first-order chi connectivity index (χ1) is 14.0. The zero-order chi connectivity index (χ0) is 22.7. The monoisotopic (exact) mass is 462 g/mol.